The third kappa shape index (κ3) is 5.49. The molecule has 2 heterocycles. The number of hydrogen-bond donors (Lipinski definition) is 0. The predicted octanol–water partition coefficient (Wildman–Crippen LogP) is 16.6. The van der Waals surface area contributed by atoms with Gasteiger partial charge < -0.3 is 9.47 Å². The van der Waals surface area contributed by atoms with Gasteiger partial charge in [-0.3, -0.25) is 0 Å². The molecule has 0 spiro atoms. The molecule has 0 bridgehead atoms. The van der Waals surface area contributed by atoms with Gasteiger partial charge in [0, 0.05) is 48.3 Å². The Labute approximate surface area is 384 Å². The third-order valence-electron chi connectivity index (χ3n) is 14.3. The summed E-state index contributed by atoms with van der Waals surface area (Å²) in [5, 5.41) is 4.92. The Balaban J connectivity index is 1.05. The topological polar surface area (TPSA) is 8.17 Å². The molecule has 65 heavy (non-hydrogen) atoms. The fraction of sp³-hybridized carbons (Fsp3) is 0.0645. The summed E-state index contributed by atoms with van der Waals surface area (Å²) in [7, 11) is 0. The van der Waals surface area contributed by atoms with Gasteiger partial charge in [-0.05, 0) is 105 Å². The maximum Gasteiger partial charge on any atom is 0.0713 e. The van der Waals surface area contributed by atoms with Crippen molar-refractivity contribution < 1.29 is 0 Å². The molecule has 2 nitrogen and oxygen atoms in total. The van der Waals surface area contributed by atoms with Crippen molar-refractivity contribution in [1.82, 2.24) is 4.57 Å². The van der Waals surface area contributed by atoms with Crippen LogP contribution in [0.5, 0.6) is 0 Å². The van der Waals surface area contributed by atoms with E-state index in [1.54, 1.807) is 0 Å². The number of rotatable bonds is 6. The molecule has 10 aromatic carbocycles. The van der Waals surface area contributed by atoms with E-state index in [9.17, 15) is 0 Å². The van der Waals surface area contributed by atoms with Crippen molar-refractivity contribution in [3.05, 3.63) is 264 Å². The highest BCUT2D eigenvalue weighted by atomic mass is 32.2. The smallest absolute Gasteiger partial charge is 0.0713 e. The molecule has 1 aromatic heterocycles. The average Bonchev–Trinajstić information content (AvgIpc) is 3.85. The number of anilines is 3. The quantitative estimate of drug-likeness (QED) is 0.165. The molecular formula is C62H44N2S. The number of nitrogens with zero attached hydrogens (tertiary/aromatic N) is 2. The molecule has 0 saturated heterocycles. The maximum atomic E-state index is 2.52. The first kappa shape index (κ1) is 37.9. The second-order valence-electron chi connectivity index (χ2n) is 18.0. The molecule has 2 aliphatic rings. The molecule has 308 valence electrons. The molecule has 13 rings (SSSR count). The largest absolute Gasteiger partial charge is 0.310 e. The van der Waals surface area contributed by atoms with Gasteiger partial charge in [0.1, 0.15) is 0 Å². The van der Waals surface area contributed by atoms with E-state index in [0.717, 1.165) is 11.4 Å². The van der Waals surface area contributed by atoms with E-state index in [2.05, 4.69) is 254 Å². The van der Waals surface area contributed by atoms with Gasteiger partial charge in [-0.25, -0.2) is 0 Å². The van der Waals surface area contributed by atoms with Crippen LogP contribution in [-0.4, -0.2) is 4.57 Å². The molecule has 0 radical (unpaired) electrons. The molecule has 1 aliphatic heterocycles. The van der Waals surface area contributed by atoms with Crippen LogP contribution in [0.4, 0.5) is 17.1 Å². The molecule has 0 N–H and O–H groups in total. The van der Waals surface area contributed by atoms with E-state index in [1.165, 1.54) is 98.3 Å². The lowest BCUT2D eigenvalue weighted by Crippen LogP contribution is -2.29. The van der Waals surface area contributed by atoms with E-state index in [4.69, 9.17) is 0 Å². The zero-order valence-corrected chi connectivity index (χ0v) is 37.1. The Hall–Kier alpha value is -7.59. The first-order valence-corrected chi connectivity index (χ1v) is 23.4. The predicted molar refractivity (Wildman–Crippen MR) is 273 cm³/mol. The zero-order valence-electron chi connectivity index (χ0n) is 36.2. The Bertz CT molecular complexity index is 3620. The number of hydrogen-bond acceptors (Lipinski definition) is 2. The lowest BCUT2D eigenvalue weighted by molar-refractivity contribution is 0.608. The summed E-state index contributed by atoms with van der Waals surface area (Å²) >= 11 is 1.89. The summed E-state index contributed by atoms with van der Waals surface area (Å²) < 4.78 is 2.46. The fourth-order valence-corrected chi connectivity index (χ4v) is 12.9. The minimum Gasteiger partial charge on any atom is -0.310 e. The van der Waals surface area contributed by atoms with Crippen molar-refractivity contribution in [2.24, 2.45) is 0 Å². The van der Waals surface area contributed by atoms with Gasteiger partial charge in [0.25, 0.3) is 0 Å². The van der Waals surface area contributed by atoms with Gasteiger partial charge in [-0.1, -0.05) is 195 Å². The van der Waals surface area contributed by atoms with Crippen LogP contribution in [0.2, 0.25) is 0 Å². The standard InChI is InChI=1S/C62H44N2S/c1-61(2)53-28-13-15-32-58(53)65-59-33-17-31-57(60(59)61)63(45-38-39-56-50(40-45)49-25-10-14-29-55(49)64(56)54-30-16-19-41-18-6-7-22-46(41)54)44-36-34-43(35-37-44)62(42-20-4-3-5-21-42)51-26-11-8-23-47(51)48-24-9-12-27-52(48)62/h3-40H,1-2H3. The van der Waals surface area contributed by atoms with Crippen molar-refractivity contribution in [2.45, 2.75) is 34.5 Å². The van der Waals surface area contributed by atoms with Gasteiger partial charge in [-0.2, -0.15) is 0 Å². The van der Waals surface area contributed by atoms with Crippen molar-refractivity contribution in [3.63, 3.8) is 0 Å². The van der Waals surface area contributed by atoms with Crippen LogP contribution in [-0.2, 0) is 10.8 Å². The molecule has 0 fully saturated rings. The molecule has 0 saturated carbocycles. The molecule has 0 atom stereocenters. The van der Waals surface area contributed by atoms with Crippen LogP contribution in [0.3, 0.4) is 0 Å². The zero-order chi connectivity index (χ0) is 43.3. The molecule has 3 heteroatoms. The lowest BCUT2D eigenvalue weighted by Gasteiger charge is -2.39. The van der Waals surface area contributed by atoms with E-state index in [1.807, 2.05) is 11.8 Å². The summed E-state index contributed by atoms with van der Waals surface area (Å²) in [4.78, 5) is 5.14. The van der Waals surface area contributed by atoms with E-state index in [-0.39, 0.29) is 5.41 Å². The summed E-state index contributed by atoms with van der Waals surface area (Å²) in [6.45, 7) is 4.80. The van der Waals surface area contributed by atoms with Gasteiger partial charge >= 0.3 is 0 Å². The molecule has 1 aliphatic carbocycles. The van der Waals surface area contributed by atoms with Gasteiger partial charge in [-0.15, -0.1) is 0 Å². The highest BCUT2D eigenvalue weighted by Gasteiger charge is 2.46. The van der Waals surface area contributed by atoms with Crippen LogP contribution < -0.4 is 4.90 Å². The monoisotopic (exact) mass is 848 g/mol. The number of fused-ring (bicyclic) bond motifs is 9. The van der Waals surface area contributed by atoms with Crippen LogP contribution >= 0.6 is 11.8 Å². The van der Waals surface area contributed by atoms with Gasteiger partial charge in [0.05, 0.1) is 27.8 Å². The lowest BCUT2D eigenvalue weighted by atomic mass is 9.67. The summed E-state index contributed by atoms with van der Waals surface area (Å²) in [5.41, 5.74) is 16.7. The van der Waals surface area contributed by atoms with Gasteiger partial charge in [0.15, 0.2) is 0 Å². The van der Waals surface area contributed by atoms with Crippen molar-refractivity contribution in [2.75, 3.05) is 4.90 Å². The molecular weight excluding hydrogens is 805 g/mol. The Morgan fingerprint density at radius 1 is 0.415 bits per heavy atom. The first-order chi connectivity index (χ1) is 32.0. The van der Waals surface area contributed by atoms with Crippen molar-refractivity contribution >= 4 is 61.4 Å². The molecule has 11 aromatic rings. The fourth-order valence-electron chi connectivity index (χ4n) is 11.5. The first-order valence-electron chi connectivity index (χ1n) is 22.6. The van der Waals surface area contributed by atoms with Crippen LogP contribution in [0.25, 0.3) is 49.4 Å². The molecule has 0 amide bonds. The normalized spacial score (nSPS) is 14.2. The summed E-state index contributed by atoms with van der Waals surface area (Å²) in [6, 6.07) is 85.8. The Morgan fingerprint density at radius 2 is 0.985 bits per heavy atom. The minimum absolute atomic E-state index is 0.255. The average molecular weight is 849 g/mol. The van der Waals surface area contributed by atoms with Crippen LogP contribution in [0.15, 0.2) is 240 Å². The minimum atomic E-state index is -0.478. The Morgan fingerprint density at radius 3 is 1.77 bits per heavy atom. The maximum absolute atomic E-state index is 2.52. The summed E-state index contributed by atoms with van der Waals surface area (Å²) in [6.07, 6.45) is 0. The molecule has 0 unspecified atom stereocenters. The number of benzene rings is 10. The van der Waals surface area contributed by atoms with E-state index in [0.29, 0.717) is 0 Å². The van der Waals surface area contributed by atoms with Crippen molar-refractivity contribution in [1.29, 1.82) is 0 Å². The van der Waals surface area contributed by atoms with Crippen molar-refractivity contribution in [3.8, 4) is 16.8 Å². The number of aromatic nitrogens is 1. The van der Waals surface area contributed by atoms with Crippen LogP contribution in [0, 0.1) is 0 Å². The third-order valence-corrected chi connectivity index (χ3v) is 15.4. The highest BCUT2D eigenvalue weighted by molar-refractivity contribution is 7.99. The highest BCUT2D eigenvalue weighted by Crippen LogP contribution is 2.57. The van der Waals surface area contributed by atoms with E-state index >= 15 is 0 Å². The second-order valence-corrected chi connectivity index (χ2v) is 19.1. The Kier molecular flexibility index (Phi) is 8.44. The van der Waals surface area contributed by atoms with E-state index < -0.39 is 5.41 Å². The SMILES string of the molecule is CC1(C)c2ccccc2Sc2cccc(N(c3ccc(C4(c5ccccc5)c5ccccc5-c5ccccc54)cc3)c3ccc4c(c3)c3ccccc3n4-c3cccc4ccccc34)c21. The second kappa shape index (κ2) is 14.5. The summed E-state index contributed by atoms with van der Waals surface area (Å²) in [5.74, 6) is 0. The number of para-hydroxylation sites is 1. The van der Waals surface area contributed by atoms with Crippen LogP contribution in [0.1, 0.15) is 47.2 Å². The van der Waals surface area contributed by atoms with Gasteiger partial charge in [0.2, 0.25) is 0 Å².